The fourth-order valence-corrected chi connectivity index (χ4v) is 6.87. The molecule has 0 aromatic rings. The highest BCUT2D eigenvalue weighted by Crippen LogP contribution is 2.65. The zero-order valence-electron chi connectivity index (χ0n) is 14.6. The van der Waals surface area contributed by atoms with E-state index in [0.29, 0.717) is 24.2 Å². The molecular weight excluding hydrogens is 302 g/mol. The first kappa shape index (κ1) is 16.1. The number of hydrogen-bond acceptors (Lipinski definition) is 4. The molecule has 7 atom stereocenters. The van der Waals surface area contributed by atoms with Crippen LogP contribution in [-0.2, 0) is 4.79 Å². The summed E-state index contributed by atoms with van der Waals surface area (Å²) in [7, 11) is 0. The Morgan fingerprint density at radius 2 is 1.92 bits per heavy atom. The van der Waals surface area contributed by atoms with Gasteiger partial charge < -0.3 is 10.2 Å². The van der Waals surface area contributed by atoms with Crippen LogP contribution in [0.1, 0.15) is 58.8 Å². The number of ketones is 1. The fourth-order valence-electron chi connectivity index (χ4n) is 6.87. The summed E-state index contributed by atoms with van der Waals surface area (Å²) in [6.07, 6.45) is 6.13. The highest BCUT2D eigenvalue weighted by molar-refractivity contribution is 5.98. The molecule has 0 spiro atoms. The first-order valence-corrected chi connectivity index (χ1v) is 9.37. The topological polar surface area (TPSA) is 81.3 Å². The zero-order chi connectivity index (χ0) is 17.3. The second-order valence-corrected chi connectivity index (χ2v) is 9.05. The molecule has 0 radical (unpaired) electrons. The van der Waals surface area contributed by atoms with Crippen LogP contribution >= 0.6 is 0 Å². The van der Waals surface area contributed by atoms with E-state index in [1.54, 1.807) is 0 Å². The predicted octanol–water partition coefficient (Wildman–Crippen LogP) is 3.51. The van der Waals surface area contributed by atoms with Gasteiger partial charge in [-0.05, 0) is 79.1 Å². The molecule has 4 rings (SSSR count). The molecule has 2 N–H and O–H groups in total. The van der Waals surface area contributed by atoms with Gasteiger partial charge in [0.15, 0.2) is 5.76 Å². The first-order valence-electron chi connectivity index (χ1n) is 9.37. The molecule has 0 aromatic heterocycles. The van der Waals surface area contributed by atoms with E-state index < -0.39 is 5.92 Å². The maximum absolute atomic E-state index is 12.2. The molecule has 0 aliphatic heterocycles. The molecule has 4 aliphatic rings. The van der Waals surface area contributed by atoms with Gasteiger partial charge in [0.05, 0.1) is 12.2 Å². The fraction of sp³-hybridized carbons (Fsp3) is 0.800. The standard InChI is InChI=1S/C20H27NO3/c1-19-8-7-14-12(13(19)5-6-16(19)22)3-4-15-18(24)17(23)11(10-21)9-20(14,15)2/h11-14,16,22,24H,3-9H2,1-2H3/t11?,12-,13?,14?,16-,19-,20+/m0/s1. The Labute approximate surface area is 143 Å². The average molecular weight is 329 g/mol. The van der Waals surface area contributed by atoms with Gasteiger partial charge in [-0.15, -0.1) is 0 Å². The van der Waals surface area contributed by atoms with Crippen molar-refractivity contribution in [2.24, 2.45) is 34.5 Å². The minimum Gasteiger partial charge on any atom is -0.504 e. The number of carbonyl (C=O) groups is 1. The van der Waals surface area contributed by atoms with Crippen LogP contribution in [0.2, 0.25) is 0 Å². The quantitative estimate of drug-likeness (QED) is 0.712. The minimum atomic E-state index is -0.708. The number of allylic oxidation sites excluding steroid dienone is 1. The summed E-state index contributed by atoms with van der Waals surface area (Å²) in [5.41, 5.74) is 0.693. The predicted molar refractivity (Wildman–Crippen MR) is 88.8 cm³/mol. The Balaban J connectivity index is 1.74. The van der Waals surface area contributed by atoms with Gasteiger partial charge in [-0.3, -0.25) is 4.79 Å². The summed E-state index contributed by atoms with van der Waals surface area (Å²) in [5.74, 6) is 0.282. The van der Waals surface area contributed by atoms with Gasteiger partial charge in [0, 0.05) is 0 Å². The maximum Gasteiger partial charge on any atom is 0.214 e. The highest BCUT2D eigenvalue weighted by Gasteiger charge is 2.60. The second-order valence-electron chi connectivity index (χ2n) is 9.05. The minimum absolute atomic E-state index is 0.0277. The van der Waals surface area contributed by atoms with Crippen molar-refractivity contribution in [3.8, 4) is 6.07 Å². The lowest BCUT2D eigenvalue weighted by molar-refractivity contribution is -0.125. The molecule has 4 nitrogen and oxygen atoms in total. The van der Waals surface area contributed by atoms with Crippen molar-refractivity contribution in [1.29, 1.82) is 5.26 Å². The molecule has 0 saturated heterocycles. The summed E-state index contributed by atoms with van der Waals surface area (Å²) in [5, 5.41) is 30.3. The van der Waals surface area contributed by atoms with Crippen LogP contribution in [0, 0.1) is 45.8 Å². The lowest BCUT2D eigenvalue weighted by Crippen LogP contribution is -2.52. The number of nitriles is 1. The van der Waals surface area contributed by atoms with Gasteiger partial charge in [-0.2, -0.15) is 5.26 Å². The molecule has 3 unspecified atom stereocenters. The van der Waals surface area contributed by atoms with Crippen LogP contribution in [-0.4, -0.2) is 22.1 Å². The van der Waals surface area contributed by atoms with E-state index in [9.17, 15) is 20.3 Å². The molecule has 3 saturated carbocycles. The normalized spacial score (nSPS) is 50.8. The first-order chi connectivity index (χ1) is 11.3. The van der Waals surface area contributed by atoms with Crippen molar-refractivity contribution in [3.63, 3.8) is 0 Å². The average Bonchev–Trinajstić information content (AvgIpc) is 2.86. The number of rotatable bonds is 0. The van der Waals surface area contributed by atoms with E-state index >= 15 is 0 Å². The third-order valence-electron chi connectivity index (χ3n) is 8.24. The Morgan fingerprint density at radius 1 is 1.17 bits per heavy atom. The third kappa shape index (κ3) is 1.85. The molecule has 24 heavy (non-hydrogen) atoms. The van der Waals surface area contributed by atoms with Gasteiger partial charge in [0.25, 0.3) is 0 Å². The van der Waals surface area contributed by atoms with Gasteiger partial charge >= 0.3 is 0 Å². The monoisotopic (exact) mass is 329 g/mol. The Morgan fingerprint density at radius 3 is 2.62 bits per heavy atom. The van der Waals surface area contributed by atoms with E-state index in [1.165, 1.54) is 0 Å². The summed E-state index contributed by atoms with van der Waals surface area (Å²) < 4.78 is 0. The molecule has 0 heterocycles. The van der Waals surface area contributed by atoms with E-state index in [4.69, 9.17) is 0 Å². The van der Waals surface area contributed by atoms with Crippen molar-refractivity contribution < 1.29 is 15.0 Å². The number of aliphatic hydroxyl groups excluding tert-OH is 2. The van der Waals surface area contributed by atoms with E-state index in [2.05, 4.69) is 19.9 Å². The summed E-state index contributed by atoms with van der Waals surface area (Å²) in [6, 6.07) is 2.11. The SMILES string of the molecule is C[C@]12CC(C#N)C(=O)C(O)=C1CC[C@@H]1C2CC[C@@]2(C)C1CC[C@@H]2O. The van der Waals surface area contributed by atoms with Crippen LogP contribution in [0.5, 0.6) is 0 Å². The molecule has 4 aliphatic carbocycles. The van der Waals surface area contributed by atoms with Crippen molar-refractivity contribution >= 4 is 5.78 Å². The molecule has 0 bridgehead atoms. The summed E-state index contributed by atoms with van der Waals surface area (Å²) in [4.78, 5) is 12.2. The van der Waals surface area contributed by atoms with E-state index in [0.717, 1.165) is 44.1 Å². The molecular formula is C20H27NO3. The smallest absolute Gasteiger partial charge is 0.214 e. The Kier molecular flexibility index (Phi) is 3.42. The number of carbonyl (C=O) groups excluding carboxylic acids is 1. The van der Waals surface area contributed by atoms with E-state index in [1.807, 2.05) is 0 Å². The zero-order valence-corrected chi connectivity index (χ0v) is 14.6. The molecule has 0 aromatic carbocycles. The summed E-state index contributed by atoms with van der Waals surface area (Å²) >= 11 is 0. The number of aliphatic hydroxyl groups is 2. The Bertz CT molecular complexity index is 662. The van der Waals surface area contributed by atoms with Gasteiger partial charge in [-0.1, -0.05) is 13.8 Å². The van der Waals surface area contributed by atoms with Crippen molar-refractivity contribution in [1.82, 2.24) is 0 Å². The lowest BCUT2D eigenvalue weighted by Gasteiger charge is -2.58. The van der Waals surface area contributed by atoms with Crippen LogP contribution in [0.3, 0.4) is 0 Å². The van der Waals surface area contributed by atoms with Gasteiger partial charge in [0.2, 0.25) is 5.78 Å². The molecule has 3 fully saturated rings. The Hall–Kier alpha value is -1.34. The second kappa shape index (κ2) is 5.08. The van der Waals surface area contributed by atoms with Crippen LogP contribution in [0.25, 0.3) is 0 Å². The largest absolute Gasteiger partial charge is 0.504 e. The van der Waals surface area contributed by atoms with Crippen molar-refractivity contribution in [2.45, 2.75) is 64.9 Å². The van der Waals surface area contributed by atoms with Crippen LogP contribution in [0.4, 0.5) is 0 Å². The molecule has 130 valence electrons. The van der Waals surface area contributed by atoms with Crippen molar-refractivity contribution in [3.05, 3.63) is 11.3 Å². The van der Waals surface area contributed by atoms with Gasteiger partial charge in [0.1, 0.15) is 5.92 Å². The van der Waals surface area contributed by atoms with Crippen LogP contribution < -0.4 is 0 Å². The number of hydrogen-bond donors (Lipinski definition) is 2. The number of fused-ring (bicyclic) bond motifs is 5. The maximum atomic E-state index is 12.2. The number of Topliss-reactive ketones (excluding diaryl/α,β-unsaturated/α-hetero) is 1. The highest BCUT2D eigenvalue weighted by atomic mass is 16.3. The summed E-state index contributed by atoms with van der Waals surface area (Å²) in [6.45, 7) is 4.42. The lowest BCUT2D eigenvalue weighted by atomic mass is 9.46. The van der Waals surface area contributed by atoms with E-state index in [-0.39, 0.29) is 28.5 Å². The van der Waals surface area contributed by atoms with Gasteiger partial charge in [-0.25, -0.2) is 0 Å². The molecule has 4 heteroatoms. The number of nitrogens with zero attached hydrogens (tertiary/aromatic N) is 1. The van der Waals surface area contributed by atoms with Crippen LogP contribution in [0.15, 0.2) is 11.3 Å². The van der Waals surface area contributed by atoms with Crippen molar-refractivity contribution in [2.75, 3.05) is 0 Å². The third-order valence-corrected chi connectivity index (χ3v) is 8.24. The molecule has 0 amide bonds.